The minimum absolute atomic E-state index is 0.344. The van der Waals surface area contributed by atoms with E-state index < -0.39 is 0 Å². The molecule has 17 heavy (non-hydrogen) atoms. The predicted molar refractivity (Wildman–Crippen MR) is 71.7 cm³/mol. The number of aromatic nitrogens is 1. The number of methoxy groups -OCH3 is 1. The molecular formula is C12H18Cl2N2O. The molecule has 0 aliphatic heterocycles. The van der Waals surface area contributed by atoms with E-state index in [1.807, 2.05) is 0 Å². The summed E-state index contributed by atoms with van der Waals surface area (Å²) in [5, 5.41) is 1.08. The molecule has 1 rings (SSSR count). The van der Waals surface area contributed by atoms with E-state index in [1.165, 1.54) is 0 Å². The van der Waals surface area contributed by atoms with Gasteiger partial charge in [0, 0.05) is 36.5 Å². The van der Waals surface area contributed by atoms with Crippen LogP contribution in [0.25, 0.3) is 0 Å². The summed E-state index contributed by atoms with van der Waals surface area (Å²) in [7, 11) is 1.71. The van der Waals surface area contributed by atoms with Gasteiger partial charge in [0.1, 0.15) is 5.15 Å². The van der Waals surface area contributed by atoms with Crippen molar-refractivity contribution < 1.29 is 4.74 Å². The average Bonchev–Trinajstić information content (AvgIpc) is 2.28. The van der Waals surface area contributed by atoms with Crippen LogP contribution in [0.15, 0.2) is 12.3 Å². The summed E-state index contributed by atoms with van der Waals surface area (Å²) >= 11 is 11.9. The molecule has 0 aromatic carbocycles. The van der Waals surface area contributed by atoms with E-state index in [2.05, 4.69) is 23.7 Å². The van der Waals surface area contributed by atoms with E-state index in [9.17, 15) is 0 Å². The first-order valence-electron chi connectivity index (χ1n) is 5.61. The highest BCUT2D eigenvalue weighted by Gasteiger charge is 2.14. The largest absolute Gasteiger partial charge is 0.383 e. The minimum Gasteiger partial charge on any atom is -0.383 e. The van der Waals surface area contributed by atoms with E-state index in [0.717, 1.165) is 18.7 Å². The van der Waals surface area contributed by atoms with Crippen LogP contribution in [0.3, 0.4) is 0 Å². The Morgan fingerprint density at radius 1 is 1.47 bits per heavy atom. The van der Waals surface area contributed by atoms with Crippen LogP contribution >= 0.6 is 23.2 Å². The van der Waals surface area contributed by atoms with Crippen LogP contribution in [-0.2, 0) is 11.3 Å². The van der Waals surface area contributed by atoms with E-state index in [-0.39, 0.29) is 0 Å². The molecular weight excluding hydrogens is 259 g/mol. The lowest BCUT2D eigenvalue weighted by atomic mass is 10.2. The van der Waals surface area contributed by atoms with Gasteiger partial charge in [-0.1, -0.05) is 30.1 Å². The van der Waals surface area contributed by atoms with E-state index in [1.54, 1.807) is 19.4 Å². The van der Waals surface area contributed by atoms with Gasteiger partial charge < -0.3 is 4.74 Å². The molecule has 0 fully saturated rings. The Labute approximate surface area is 113 Å². The van der Waals surface area contributed by atoms with Crippen LogP contribution < -0.4 is 0 Å². The standard InChI is InChI=1S/C12H18Cl2N2O/c1-4-16(9(2)8-17-3)7-10-6-15-12(14)5-11(10)13/h5-6,9H,4,7-8H2,1-3H3. The number of nitrogens with zero attached hydrogens (tertiary/aromatic N) is 2. The molecule has 1 aromatic heterocycles. The van der Waals surface area contributed by atoms with Gasteiger partial charge in [0.25, 0.3) is 0 Å². The zero-order chi connectivity index (χ0) is 12.8. The van der Waals surface area contributed by atoms with Crippen molar-refractivity contribution in [3.8, 4) is 0 Å². The van der Waals surface area contributed by atoms with Gasteiger partial charge in [-0.2, -0.15) is 0 Å². The quantitative estimate of drug-likeness (QED) is 0.746. The lowest BCUT2D eigenvalue weighted by Gasteiger charge is -2.27. The van der Waals surface area contributed by atoms with Crippen LogP contribution in [0.5, 0.6) is 0 Å². The smallest absolute Gasteiger partial charge is 0.130 e. The molecule has 1 heterocycles. The Kier molecular flexibility index (Phi) is 6.20. The van der Waals surface area contributed by atoms with E-state index in [4.69, 9.17) is 27.9 Å². The summed E-state index contributed by atoms with van der Waals surface area (Å²) < 4.78 is 5.16. The molecule has 0 spiro atoms. The fourth-order valence-corrected chi connectivity index (χ4v) is 2.12. The van der Waals surface area contributed by atoms with Crippen molar-refractivity contribution in [3.63, 3.8) is 0 Å². The summed E-state index contributed by atoms with van der Waals surface area (Å²) in [6.07, 6.45) is 1.73. The molecule has 0 saturated heterocycles. The normalized spacial score (nSPS) is 13.1. The first-order chi connectivity index (χ1) is 8.08. The fraction of sp³-hybridized carbons (Fsp3) is 0.583. The third-order valence-electron chi connectivity index (χ3n) is 2.71. The maximum absolute atomic E-state index is 6.13. The second-order valence-electron chi connectivity index (χ2n) is 3.97. The molecule has 0 radical (unpaired) electrons. The lowest BCUT2D eigenvalue weighted by Crippen LogP contribution is -2.35. The highest BCUT2D eigenvalue weighted by molar-refractivity contribution is 6.34. The van der Waals surface area contributed by atoms with Gasteiger partial charge in [-0.25, -0.2) is 4.98 Å². The van der Waals surface area contributed by atoms with Crippen LogP contribution in [0, 0.1) is 0 Å². The number of hydrogen-bond acceptors (Lipinski definition) is 3. The number of pyridine rings is 1. The van der Waals surface area contributed by atoms with Gasteiger partial charge in [-0.3, -0.25) is 4.90 Å². The lowest BCUT2D eigenvalue weighted by molar-refractivity contribution is 0.0981. The van der Waals surface area contributed by atoms with Crippen molar-refractivity contribution in [1.82, 2.24) is 9.88 Å². The summed E-state index contributed by atoms with van der Waals surface area (Å²) in [4.78, 5) is 6.33. The van der Waals surface area contributed by atoms with Crippen LogP contribution in [0.1, 0.15) is 19.4 Å². The summed E-state index contributed by atoms with van der Waals surface area (Å²) in [5.41, 5.74) is 0.987. The Hall–Kier alpha value is -0.350. The molecule has 1 atom stereocenters. The predicted octanol–water partition coefficient (Wildman–Crippen LogP) is 3.25. The van der Waals surface area contributed by atoms with Gasteiger partial charge >= 0.3 is 0 Å². The monoisotopic (exact) mass is 276 g/mol. The highest BCUT2D eigenvalue weighted by Crippen LogP contribution is 2.20. The molecule has 0 saturated carbocycles. The average molecular weight is 277 g/mol. The Bertz CT molecular complexity index is 360. The van der Waals surface area contributed by atoms with Crippen LogP contribution in [0.4, 0.5) is 0 Å². The number of rotatable bonds is 6. The van der Waals surface area contributed by atoms with Gasteiger partial charge in [-0.05, 0) is 19.5 Å². The first kappa shape index (κ1) is 14.7. The topological polar surface area (TPSA) is 25.4 Å². The van der Waals surface area contributed by atoms with E-state index in [0.29, 0.717) is 22.8 Å². The molecule has 1 aromatic rings. The molecule has 1 unspecified atom stereocenters. The molecule has 5 heteroatoms. The van der Waals surface area contributed by atoms with Crippen molar-refractivity contribution >= 4 is 23.2 Å². The summed E-state index contributed by atoms with van der Waals surface area (Å²) in [5.74, 6) is 0. The molecule has 0 N–H and O–H groups in total. The van der Waals surface area contributed by atoms with Gasteiger partial charge in [-0.15, -0.1) is 0 Å². The van der Waals surface area contributed by atoms with E-state index >= 15 is 0 Å². The maximum Gasteiger partial charge on any atom is 0.130 e. The minimum atomic E-state index is 0.344. The van der Waals surface area contributed by atoms with Crippen molar-refractivity contribution in [2.75, 3.05) is 20.3 Å². The molecule has 96 valence electrons. The van der Waals surface area contributed by atoms with Crippen LogP contribution in [0.2, 0.25) is 10.2 Å². The third kappa shape index (κ3) is 4.43. The molecule has 0 aliphatic carbocycles. The number of ether oxygens (including phenoxy) is 1. The second-order valence-corrected chi connectivity index (χ2v) is 4.76. The third-order valence-corrected chi connectivity index (χ3v) is 3.27. The van der Waals surface area contributed by atoms with Crippen molar-refractivity contribution in [2.45, 2.75) is 26.4 Å². The second kappa shape index (κ2) is 7.17. The zero-order valence-electron chi connectivity index (χ0n) is 10.4. The van der Waals surface area contributed by atoms with Gasteiger partial charge in [0.15, 0.2) is 0 Å². The number of halogens is 2. The van der Waals surface area contributed by atoms with Crippen molar-refractivity contribution in [2.24, 2.45) is 0 Å². The fourth-order valence-electron chi connectivity index (χ4n) is 1.70. The Morgan fingerprint density at radius 2 is 2.18 bits per heavy atom. The van der Waals surface area contributed by atoms with Crippen LogP contribution in [-0.4, -0.2) is 36.2 Å². The summed E-state index contributed by atoms with van der Waals surface area (Å²) in [6.45, 7) is 6.63. The SMILES string of the molecule is CCN(Cc1cnc(Cl)cc1Cl)C(C)COC. The maximum atomic E-state index is 6.13. The highest BCUT2D eigenvalue weighted by atomic mass is 35.5. The Balaban J connectivity index is 2.73. The van der Waals surface area contributed by atoms with Crippen molar-refractivity contribution in [3.05, 3.63) is 28.0 Å². The van der Waals surface area contributed by atoms with Gasteiger partial charge in [0.05, 0.1) is 6.61 Å². The molecule has 3 nitrogen and oxygen atoms in total. The first-order valence-corrected chi connectivity index (χ1v) is 6.37. The number of likely N-dealkylation sites (N-methyl/N-ethyl adjacent to an activating group) is 1. The molecule has 0 bridgehead atoms. The zero-order valence-corrected chi connectivity index (χ0v) is 11.9. The van der Waals surface area contributed by atoms with Gasteiger partial charge in [0.2, 0.25) is 0 Å². The molecule has 0 aliphatic rings. The Morgan fingerprint density at radius 3 is 2.71 bits per heavy atom. The van der Waals surface area contributed by atoms with Crippen molar-refractivity contribution in [1.29, 1.82) is 0 Å². The molecule has 0 amide bonds. The number of hydrogen-bond donors (Lipinski definition) is 0. The summed E-state index contributed by atoms with van der Waals surface area (Å²) in [6, 6.07) is 2.02.